The van der Waals surface area contributed by atoms with Crippen LogP contribution in [0.3, 0.4) is 0 Å². The van der Waals surface area contributed by atoms with Gasteiger partial charge in [-0.3, -0.25) is 4.79 Å². The van der Waals surface area contributed by atoms with Crippen molar-refractivity contribution in [3.8, 4) is 11.6 Å². The summed E-state index contributed by atoms with van der Waals surface area (Å²) < 4.78 is 6.28. The molecule has 1 aromatic carbocycles. The van der Waals surface area contributed by atoms with Crippen LogP contribution in [0.5, 0.6) is 0 Å². The number of furan rings is 1. The lowest BCUT2D eigenvalue weighted by atomic mass is 10.1. The number of carbonyl (C=O) groups is 1. The van der Waals surface area contributed by atoms with Gasteiger partial charge in [-0.25, -0.2) is 0 Å². The first-order chi connectivity index (χ1) is 9.74. The lowest BCUT2D eigenvalue weighted by Crippen LogP contribution is -2.17. The Labute approximate surface area is 114 Å². The number of anilines is 1. The van der Waals surface area contributed by atoms with Crippen LogP contribution >= 0.6 is 0 Å². The summed E-state index contributed by atoms with van der Waals surface area (Å²) in [6, 6.07) is 12.8. The zero-order valence-corrected chi connectivity index (χ0v) is 10.6. The zero-order valence-electron chi connectivity index (χ0n) is 10.6. The van der Waals surface area contributed by atoms with Crippen molar-refractivity contribution in [2.75, 3.05) is 5.73 Å². The van der Waals surface area contributed by atoms with Gasteiger partial charge in [0.25, 0.3) is 5.91 Å². The maximum atomic E-state index is 12.2. The monoisotopic (exact) mass is 268 g/mol. The van der Waals surface area contributed by atoms with E-state index < -0.39 is 0 Å². The number of benzene rings is 1. The van der Waals surface area contributed by atoms with Crippen LogP contribution in [-0.2, 0) is 6.42 Å². The highest BCUT2D eigenvalue weighted by atomic mass is 16.3. The van der Waals surface area contributed by atoms with Crippen LogP contribution in [-0.4, -0.2) is 20.7 Å². The topological polar surface area (TPSA) is 86.9 Å². The van der Waals surface area contributed by atoms with Crippen molar-refractivity contribution in [3.63, 3.8) is 0 Å². The Kier molecular flexibility index (Phi) is 3.04. The molecule has 0 spiro atoms. The van der Waals surface area contributed by atoms with E-state index in [4.69, 9.17) is 10.2 Å². The van der Waals surface area contributed by atoms with Crippen LogP contribution in [0.15, 0.2) is 53.1 Å². The van der Waals surface area contributed by atoms with Gasteiger partial charge < -0.3 is 10.2 Å². The minimum absolute atomic E-state index is 0.0531. The van der Waals surface area contributed by atoms with Gasteiger partial charge >= 0.3 is 0 Å². The van der Waals surface area contributed by atoms with Crippen LogP contribution in [0.25, 0.3) is 11.6 Å². The average molecular weight is 268 g/mol. The van der Waals surface area contributed by atoms with Crippen LogP contribution in [0.1, 0.15) is 10.4 Å². The highest BCUT2D eigenvalue weighted by Crippen LogP contribution is 2.17. The number of nitrogen functional groups attached to an aromatic ring is 1. The minimum Gasteiger partial charge on any atom is -0.461 e. The maximum Gasteiger partial charge on any atom is 0.254 e. The summed E-state index contributed by atoms with van der Waals surface area (Å²) in [5, 5.41) is 4.09. The molecule has 2 N–H and O–H groups in total. The van der Waals surface area contributed by atoms with Gasteiger partial charge in [-0.05, 0) is 17.7 Å². The van der Waals surface area contributed by atoms with E-state index in [0.29, 0.717) is 11.6 Å². The molecule has 0 aliphatic rings. The predicted octanol–water partition coefficient (Wildman–Crippen LogP) is 2.00. The number of aromatic nitrogens is 3. The molecular formula is C14H12N4O2. The van der Waals surface area contributed by atoms with E-state index in [1.807, 2.05) is 30.3 Å². The molecule has 6 nitrogen and oxygen atoms in total. The number of hydrogen-bond donors (Lipinski definition) is 1. The highest BCUT2D eigenvalue weighted by Gasteiger charge is 2.16. The van der Waals surface area contributed by atoms with Crippen molar-refractivity contribution >= 4 is 11.9 Å². The van der Waals surface area contributed by atoms with E-state index in [-0.39, 0.29) is 18.3 Å². The Morgan fingerprint density at radius 2 is 2.00 bits per heavy atom. The number of rotatable bonds is 3. The Morgan fingerprint density at radius 1 is 1.20 bits per heavy atom. The number of nitrogens with two attached hydrogens (primary N) is 1. The molecule has 0 amide bonds. The quantitative estimate of drug-likeness (QED) is 0.785. The smallest absolute Gasteiger partial charge is 0.254 e. The van der Waals surface area contributed by atoms with Crippen molar-refractivity contribution in [3.05, 3.63) is 54.3 Å². The molecule has 0 bridgehead atoms. The molecule has 100 valence electrons. The summed E-state index contributed by atoms with van der Waals surface area (Å²) in [6.07, 6.45) is 1.73. The zero-order chi connectivity index (χ0) is 13.9. The summed E-state index contributed by atoms with van der Waals surface area (Å²) in [6.45, 7) is 0. The summed E-state index contributed by atoms with van der Waals surface area (Å²) in [4.78, 5) is 16.2. The van der Waals surface area contributed by atoms with Crippen molar-refractivity contribution < 1.29 is 9.21 Å². The summed E-state index contributed by atoms with van der Waals surface area (Å²) in [7, 11) is 0. The van der Waals surface area contributed by atoms with E-state index >= 15 is 0 Å². The largest absolute Gasteiger partial charge is 0.461 e. The molecule has 0 aliphatic heterocycles. The lowest BCUT2D eigenvalue weighted by molar-refractivity contribution is 0.0901. The molecule has 0 radical (unpaired) electrons. The second kappa shape index (κ2) is 5.00. The fourth-order valence-electron chi connectivity index (χ4n) is 1.86. The molecule has 20 heavy (non-hydrogen) atoms. The first-order valence-electron chi connectivity index (χ1n) is 6.07. The van der Waals surface area contributed by atoms with Gasteiger partial charge in [0.2, 0.25) is 11.8 Å². The van der Waals surface area contributed by atoms with E-state index in [1.165, 1.54) is 6.26 Å². The fraction of sp³-hybridized carbons (Fsp3) is 0.0714. The van der Waals surface area contributed by atoms with Gasteiger partial charge in [-0.2, -0.15) is 9.67 Å². The maximum absolute atomic E-state index is 12.2. The molecule has 0 saturated carbocycles. The molecule has 2 heterocycles. The van der Waals surface area contributed by atoms with Gasteiger partial charge in [0, 0.05) is 0 Å². The second-order valence-electron chi connectivity index (χ2n) is 4.24. The number of carbonyl (C=O) groups excluding carboxylic acids is 1. The predicted molar refractivity (Wildman–Crippen MR) is 72.9 cm³/mol. The SMILES string of the molecule is Nc1nc(-c2ccco2)nn1C(=O)Cc1ccccc1. The van der Waals surface area contributed by atoms with Crippen molar-refractivity contribution in [2.45, 2.75) is 6.42 Å². The summed E-state index contributed by atoms with van der Waals surface area (Å²) >= 11 is 0. The third-order valence-corrected chi connectivity index (χ3v) is 2.81. The van der Waals surface area contributed by atoms with Crippen molar-refractivity contribution in [1.29, 1.82) is 0 Å². The molecule has 0 unspecified atom stereocenters. The Bertz CT molecular complexity index is 717. The second-order valence-corrected chi connectivity index (χ2v) is 4.24. The fourth-order valence-corrected chi connectivity index (χ4v) is 1.86. The Balaban J connectivity index is 1.85. The van der Waals surface area contributed by atoms with Gasteiger partial charge in [0.15, 0.2) is 5.76 Å². The van der Waals surface area contributed by atoms with Crippen LogP contribution < -0.4 is 5.73 Å². The van der Waals surface area contributed by atoms with E-state index in [1.54, 1.807) is 12.1 Å². The third kappa shape index (κ3) is 2.31. The minimum atomic E-state index is -0.237. The van der Waals surface area contributed by atoms with E-state index in [2.05, 4.69) is 10.1 Å². The van der Waals surface area contributed by atoms with Crippen LogP contribution in [0.2, 0.25) is 0 Å². The first-order valence-corrected chi connectivity index (χ1v) is 6.07. The van der Waals surface area contributed by atoms with Gasteiger partial charge in [-0.1, -0.05) is 30.3 Å². The Morgan fingerprint density at radius 3 is 2.70 bits per heavy atom. The van der Waals surface area contributed by atoms with Crippen LogP contribution in [0.4, 0.5) is 5.95 Å². The van der Waals surface area contributed by atoms with Gasteiger partial charge in [-0.15, -0.1) is 5.10 Å². The van der Waals surface area contributed by atoms with E-state index in [0.717, 1.165) is 10.2 Å². The van der Waals surface area contributed by atoms with Crippen molar-refractivity contribution in [1.82, 2.24) is 14.8 Å². The molecule has 3 rings (SSSR count). The van der Waals surface area contributed by atoms with Crippen molar-refractivity contribution in [2.24, 2.45) is 0 Å². The summed E-state index contributed by atoms with van der Waals surface area (Å²) in [5.74, 6) is 0.591. The standard InChI is InChI=1S/C14H12N4O2/c15-14-16-13(11-7-4-8-20-11)17-18(14)12(19)9-10-5-2-1-3-6-10/h1-8H,9H2,(H2,15,16,17). The summed E-state index contributed by atoms with van der Waals surface area (Å²) in [5.41, 5.74) is 6.62. The third-order valence-electron chi connectivity index (χ3n) is 2.81. The van der Waals surface area contributed by atoms with Gasteiger partial charge in [0.1, 0.15) is 0 Å². The van der Waals surface area contributed by atoms with Crippen LogP contribution in [0, 0.1) is 0 Å². The molecule has 3 aromatic rings. The molecule has 0 atom stereocenters. The molecular weight excluding hydrogens is 256 g/mol. The lowest BCUT2D eigenvalue weighted by Gasteiger charge is -2.01. The first kappa shape index (κ1) is 12.2. The highest BCUT2D eigenvalue weighted by molar-refractivity contribution is 5.83. The average Bonchev–Trinajstić information content (AvgIpc) is 3.08. The number of nitrogens with zero attached hydrogens (tertiary/aromatic N) is 3. The number of hydrogen-bond acceptors (Lipinski definition) is 5. The molecule has 6 heteroatoms. The molecule has 0 fully saturated rings. The molecule has 0 aliphatic carbocycles. The Hall–Kier alpha value is -2.89. The molecule has 0 saturated heterocycles. The van der Waals surface area contributed by atoms with Gasteiger partial charge in [0.05, 0.1) is 12.7 Å². The van der Waals surface area contributed by atoms with E-state index in [9.17, 15) is 4.79 Å². The molecule has 2 aromatic heterocycles. The normalized spacial score (nSPS) is 10.6.